The molecule has 0 fully saturated rings. The molecule has 1 aromatic rings. The molecule has 0 unspecified atom stereocenters. The van der Waals surface area contributed by atoms with Crippen molar-refractivity contribution in [2.45, 2.75) is 6.36 Å². The maximum atomic E-state index is 11.8. The molecule has 0 saturated carbocycles. The molecule has 1 aromatic heterocycles. The quantitative estimate of drug-likeness (QED) is 0.633. The average molecular weight is 338 g/mol. The number of hydrogen-bond donors (Lipinski definition) is 1. The molecule has 8 heteroatoms. The Labute approximate surface area is 95.5 Å². The Morgan fingerprint density at radius 2 is 2.07 bits per heavy atom. The lowest BCUT2D eigenvalue weighted by molar-refractivity contribution is -0.275. The number of nitrogens with zero attached hydrogens (tertiary/aromatic N) is 1. The molecule has 0 bridgehead atoms. The minimum Gasteiger partial charge on any atom is -0.393 e. The highest BCUT2D eigenvalue weighted by Crippen LogP contribution is 2.32. The van der Waals surface area contributed by atoms with Crippen LogP contribution in [0, 0.1) is 3.70 Å². The van der Waals surface area contributed by atoms with Gasteiger partial charge in [0.05, 0.1) is 5.02 Å². The molecule has 0 amide bonds. The van der Waals surface area contributed by atoms with E-state index in [0.717, 1.165) is 0 Å². The highest BCUT2D eigenvalue weighted by atomic mass is 127. The Bertz CT molecular complexity index is 358. The molecule has 0 spiro atoms. The van der Waals surface area contributed by atoms with Gasteiger partial charge < -0.3 is 10.5 Å². The third-order valence-electron chi connectivity index (χ3n) is 1.15. The van der Waals surface area contributed by atoms with Crippen molar-refractivity contribution in [1.29, 1.82) is 0 Å². The summed E-state index contributed by atoms with van der Waals surface area (Å²) in [5, 5.41) is -0.0244. The number of pyridine rings is 1. The molecular formula is C6H3ClF3IN2O. The summed E-state index contributed by atoms with van der Waals surface area (Å²) in [6, 6.07) is 1.33. The van der Waals surface area contributed by atoms with Crippen molar-refractivity contribution in [2.24, 2.45) is 0 Å². The molecule has 2 N–H and O–H groups in total. The second kappa shape index (κ2) is 3.97. The SMILES string of the molecule is Nc1c(Cl)cc(I)nc1OC(F)(F)F. The van der Waals surface area contributed by atoms with Gasteiger partial charge in [0, 0.05) is 0 Å². The fourth-order valence-electron chi connectivity index (χ4n) is 0.661. The van der Waals surface area contributed by atoms with Crippen LogP contribution in [0.1, 0.15) is 0 Å². The summed E-state index contributed by atoms with van der Waals surface area (Å²) >= 11 is 7.23. The smallest absolute Gasteiger partial charge is 0.393 e. The van der Waals surface area contributed by atoms with E-state index < -0.39 is 12.2 Å². The normalized spacial score (nSPS) is 11.5. The molecule has 0 saturated heterocycles. The van der Waals surface area contributed by atoms with E-state index in [1.807, 2.05) is 0 Å². The summed E-state index contributed by atoms with van der Waals surface area (Å²) in [6.45, 7) is 0. The molecular weight excluding hydrogens is 335 g/mol. The molecule has 0 aliphatic carbocycles. The summed E-state index contributed by atoms with van der Waals surface area (Å²) in [7, 11) is 0. The average Bonchev–Trinajstić information content (AvgIpc) is 1.96. The van der Waals surface area contributed by atoms with Crippen molar-refractivity contribution in [3.05, 3.63) is 14.8 Å². The number of halogens is 5. The molecule has 0 atom stereocenters. The molecule has 14 heavy (non-hydrogen) atoms. The fourth-order valence-corrected chi connectivity index (χ4v) is 1.56. The Kier molecular flexibility index (Phi) is 3.30. The van der Waals surface area contributed by atoms with Gasteiger partial charge in [-0.1, -0.05) is 11.6 Å². The zero-order chi connectivity index (χ0) is 10.9. The van der Waals surface area contributed by atoms with Crippen LogP contribution in [0.25, 0.3) is 0 Å². The zero-order valence-corrected chi connectivity index (χ0v) is 9.31. The number of hydrogen-bond acceptors (Lipinski definition) is 3. The summed E-state index contributed by atoms with van der Waals surface area (Å²) in [5.41, 5.74) is 4.91. The monoisotopic (exact) mass is 338 g/mol. The van der Waals surface area contributed by atoms with E-state index in [9.17, 15) is 13.2 Å². The van der Waals surface area contributed by atoms with Crippen molar-refractivity contribution in [1.82, 2.24) is 4.98 Å². The summed E-state index contributed by atoms with van der Waals surface area (Å²) < 4.78 is 39.3. The van der Waals surface area contributed by atoms with Gasteiger partial charge in [-0.25, -0.2) is 4.98 Å². The van der Waals surface area contributed by atoms with Crippen molar-refractivity contribution in [3.63, 3.8) is 0 Å². The Morgan fingerprint density at radius 3 is 2.57 bits per heavy atom. The lowest BCUT2D eigenvalue weighted by Gasteiger charge is -2.10. The maximum absolute atomic E-state index is 11.8. The van der Waals surface area contributed by atoms with Gasteiger partial charge >= 0.3 is 6.36 Å². The Balaban J connectivity index is 3.09. The van der Waals surface area contributed by atoms with Crippen LogP contribution in [0.2, 0.25) is 5.02 Å². The summed E-state index contributed by atoms with van der Waals surface area (Å²) in [5.74, 6) is -0.727. The summed E-state index contributed by atoms with van der Waals surface area (Å²) in [6.07, 6.45) is -4.82. The Morgan fingerprint density at radius 1 is 1.50 bits per heavy atom. The van der Waals surface area contributed by atoms with Gasteiger partial charge in [0.2, 0.25) is 5.88 Å². The lowest BCUT2D eigenvalue weighted by atomic mass is 10.4. The highest BCUT2D eigenvalue weighted by Gasteiger charge is 2.33. The molecule has 0 aliphatic rings. The fraction of sp³-hybridized carbons (Fsp3) is 0.167. The number of nitrogens with two attached hydrogens (primary N) is 1. The Hall–Kier alpha value is -0.440. The first-order chi connectivity index (χ1) is 6.29. The first-order valence-corrected chi connectivity index (χ1v) is 4.62. The number of alkyl halides is 3. The number of aromatic nitrogens is 1. The molecule has 1 rings (SSSR count). The molecule has 3 nitrogen and oxygen atoms in total. The largest absolute Gasteiger partial charge is 0.574 e. The standard InChI is InChI=1S/C6H3ClF3IN2O/c7-2-1-3(11)13-5(4(2)12)14-6(8,9)10/h1H,12H2. The third kappa shape index (κ3) is 3.05. The van der Waals surface area contributed by atoms with E-state index in [1.54, 1.807) is 22.6 Å². The molecule has 0 aliphatic heterocycles. The van der Waals surface area contributed by atoms with Gasteiger partial charge in [-0.05, 0) is 28.7 Å². The molecule has 1 heterocycles. The molecule has 0 radical (unpaired) electrons. The van der Waals surface area contributed by atoms with Crippen molar-refractivity contribution in [2.75, 3.05) is 5.73 Å². The number of ether oxygens (including phenoxy) is 1. The van der Waals surface area contributed by atoms with Gasteiger partial charge in [-0.2, -0.15) is 0 Å². The van der Waals surface area contributed by atoms with E-state index in [2.05, 4.69) is 9.72 Å². The van der Waals surface area contributed by atoms with E-state index in [-0.39, 0.29) is 14.4 Å². The lowest BCUT2D eigenvalue weighted by Crippen LogP contribution is -2.19. The van der Waals surface area contributed by atoms with E-state index in [4.69, 9.17) is 17.3 Å². The van der Waals surface area contributed by atoms with Crippen LogP contribution in [0.5, 0.6) is 5.88 Å². The van der Waals surface area contributed by atoms with Crippen LogP contribution >= 0.6 is 34.2 Å². The summed E-state index contributed by atoms with van der Waals surface area (Å²) in [4.78, 5) is 3.45. The minimum absolute atomic E-state index is 0.0244. The van der Waals surface area contributed by atoms with Gasteiger partial charge in [-0.15, -0.1) is 13.2 Å². The predicted molar refractivity (Wildman–Crippen MR) is 53.1 cm³/mol. The second-order valence-corrected chi connectivity index (χ2v) is 3.71. The van der Waals surface area contributed by atoms with Gasteiger partial charge in [0.25, 0.3) is 0 Å². The van der Waals surface area contributed by atoms with E-state index >= 15 is 0 Å². The molecule has 78 valence electrons. The van der Waals surface area contributed by atoms with Crippen LogP contribution < -0.4 is 10.5 Å². The highest BCUT2D eigenvalue weighted by molar-refractivity contribution is 14.1. The first kappa shape index (κ1) is 11.6. The number of nitrogen functional groups attached to an aromatic ring is 1. The van der Waals surface area contributed by atoms with Crippen LogP contribution in [0.15, 0.2) is 6.07 Å². The van der Waals surface area contributed by atoms with E-state index in [0.29, 0.717) is 0 Å². The van der Waals surface area contributed by atoms with E-state index in [1.165, 1.54) is 6.07 Å². The molecule has 0 aromatic carbocycles. The van der Waals surface area contributed by atoms with Crippen LogP contribution in [0.4, 0.5) is 18.9 Å². The zero-order valence-electron chi connectivity index (χ0n) is 6.40. The van der Waals surface area contributed by atoms with Crippen molar-refractivity contribution < 1.29 is 17.9 Å². The number of anilines is 1. The van der Waals surface area contributed by atoms with Crippen molar-refractivity contribution in [3.8, 4) is 5.88 Å². The van der Waals surface area contributed by atoms with Crippen LogP contribution in [-0.2, 0) is 0 Å². The van der Waals surface area contributed by atoms with Crippen molar-refractivity contribution >= 4 is 39.9 Å². The van der Waals surface area contributed by atoms with Gasteiger partial charge in [0.15, 0.2) is 0 Å². The topological polar surface area (TPSA) is 48.1 Å². The van der Waals surface area contributed by atoms with Crippen LogP contribution in [-0.4, -0.2) is 11.3 Å². The third-order valence-corrected chi connectivity index (χ3v) is 2.02. The maximum Gasteiger partial charge on any atom is 0.574 e. The minimum atomic E-state index is -4.82. The van der Waals surface area contributed by atoms with Gasteiger partial charge in [-0.3, -0.25) is 0 Å². The first-order valence-electron chi connectivity index (χ1n) is 3.17. The van der Waals surface area contributed by atoms with Gasteiger partial charge in [0.1, 0.15) is 9.39 Å². The van der Waals surface area contributed by atoms with Crippen LogP contribution in [0.3, 0.4) is 0 Å². The second-order valence-electron chi connectivity index (χ2n) is 2.19. The predicted octanol–water partition coefficient (Wildman–Crippen LogP) is 2.82. The number of rotatable bonds is 1.